The van der Waals surface area contributed by atoms with E-state index in [4.69, 9.17) is 0 Å². The molecule has 0 bridgehead atoms. The molecule has 0 fully saturated rings. The Morgan fingerprint density at radius 3 is 1.63 bits per heavy atom. The van der Waals surface area contributed by atoms with Crippen LogP contribution < -0.4 is 4.73 Å². The SMILES string of the molecule is CC(C)(C)Cc1ccc(C(F)(F)F)cn1.CC(C)(C)Cc1cccc[n+]1[O-].CSc1cccc(CC(C)(C)C)n1.Cc1ccc(CC(C)(C)C)cn1. The second kappa shape index (κ2) is 20.1. The largest absolute Gasteiger partial charge is 0.619 e. The molecule has 9 heteroatoms. The molecule has 52 heavy (non-hydrogen) atoms. The third kappa shape index (κ3) is 22.5. The molecule has 0 atom stereocenters. The predicted octanol–water partition coefficient (Wildman–Crippen LogP) is 12.0. The Hall–Kier alpha value is -3.46. The van der Waals surface area contributed by atoms with E-state index in [0.717, 1.165) is 52.7 Å². The van der Waals surface area contributed by atoms with Crippen LogP contribution in [0.25, 0.3) is 0 Å². The van der Waals surface area contributed by atoms with Crippen molar-refractivity contribution in [1.82, 2.24) is 15.0 Å². The van der Waals surface area contributed by atoms with E-state index in [1.807, 2.05) is 46.0 Å². The van der Waals surface area contributed by atoms with Crippen LogP contribution in [-0.2, 0) is 31.9 Å². The number of halogens is 3. The summed E-state index contributed by atoms with van der Waals surface area (Å²) in [5.41, 5.74) is 5.34. The number of thioether (sulfide) groups is 1. The minimum Gasteiger partial charge on any atom is -0.619 e. The summed E-state index contributed by atoms with van der Waals surface area (Å²) in [4.78, 5) is 12.6. The van der Waals surface area contributed by atoms with Crippen LogP contribution in [0.1, 0.15) is 117 Å². The molecule has 0 saturated heterocycles. The summed E-state index contributed by atoms with van der Waals surface area (Å²) in [6, 6.07) is 18.5. The average molecular weight is 741 g/mol. The number of pyridine rings is 4. The number of rotatable bonds is 5. The fourth-order valence-electron chi connectivity index (χ4n) is 4.81. The smallest absolute Gasteiger partial charge is 0.417 e. The van der Waals surface area contributed by atoms with Gasteiger partial charge in [-0.3, -0.25) is 9.97 Å². The molecule has 0 spiro atoms. The van der Waals surface area contributed by atoms with Gasteiger partial charge >= 0.3 is 6.18 Å². The minimum atomic E-state index is -4.30. The standard InChI is InChI=1S/C11H14F3N.C11H17NS.C11H17N.C10H15NO/c1-10(2,3)6-9-5-4-8(7-15-9)11(12,13)14;1-11(2,3)8-9-6-5-7-10(12-9)13-4;1-9-5-6-10(8-12-9)7-11(2,3)4;1-10(2,3)8-9-6-4-5-7-11(9)12/h4-5,7H,6H2,1-3H3;5-7H,8H2,1-4H3;5-6,8H,7H2,1-4H3;4-7H,8H2,1-3H3. The molecule has 4 aromatic rings. The molecule has 0 aliphatic rings. The second-order valence-electron chi connectivity index (χ2n) is 18.0. The number of alkyl halides is 3. The third-order valence-electron chi connectivity index (χ3n) is 6.89. The molecule has 4 rings (SSSR count). The fraction of sp³-hybridized carbons (Fsp3) is 0.535. The molecular formula is C43H63F3N4OS. The second-order valence-corrected chi connectivity index (χ2v) is 18.8. The molecule has 0 unspecified atom stereocenters. The summed E-state index contributed by atoms with van der Waals surface area (Å²) < 4.78 is 37.6. The quantitative estimate of drug-likeness (QED) is 0.116. The van der Waals surface area contributed by atoms with Crippen LogP contribution in [0, 0.1) is 33.8 Å². The van der Waals surface area contributed by atoms with Crippen molar-refractivity contribution in [3.63, 3.8) is 0 Å². The van der Waals surface area contributed by atoms with E-state index < -0.39 is 11.7 Å². The zero-order valence-corrected chi connectivity index (χ0v) is 34.9. The van der Waals surface area contributed by atoms with Crippen molar-refractivity contribution in [2.75, 3.05) is 6.26 Å². The number of hydrogen-bond donors (Lipinski definition) is 0. The summed E-state index contributed by atoms with van der Waals surface area (Å²) in [6.07, 6.45) is 5.79. The van der Waals surface area contributed by atoms with Gasteiger partial charge in [0, 0.05) is 48.0 Å². The molecule has 288 valence electrons. The van der Waals surface area contributed by atoms with E-state index in [9.17, 15) is 18.4 Å². The molecular weight excluding hydrogens is 678 g/mol. The first-order chi connectivity index (χ1) is 23.7. The zero-order valence-electron chi connectivity index (χ0n) is 34.1. The number of aromatic nitrogens is 4. The first-order valence-electron chi connectivity index (χ1n) is 17.8. The van der Waals surface area contributed by atoms with Crippen molar-refractivity contribution < 1.29 is 17.9 Å². The molecule has 0 aliphatic heterocycles. The van der Waals surface area contributed by atoms with Crippen molar-refractivity contribution >= 4 is 11.8 Å². The van der Waals surface area contributed by atoms with Gasteiger partial charge in [-0.25, -0.2) is 4.98 Å². The van der Waals surface area contributed by atoms with Gasteiger partial charge in [-0.05, 0) is 90.0 Å². The van der Waals surface area contributed by atoms with Gasteiger partial charge in [0.1, 0.15) is 0 Å². The van der Waals surface area contributed by atoms with Crippen molar-refractivity contribution in [1.29, 1.82) is 0 Å². The van der Waals surface area contributed by atoms with Gasteiger partial charge < -0.3 is 5.21 Å². The van der Waals surface area contributed by atoms with Crippen LogP contribution in [0.3, 0.4) is 0 Å². The summed E-state index contributed by atoms with van der Waals surface area (Å²) in [6.45, 7) is 27.9. The Morgan fingerprint density at radius 1 is 0.615 bits per heavy atom. The first-order valence-corrected chi connectivity index (χ1v) is 19.0. The summed E-state index contributed by atoms with van der Waals surface area (Å²) >= 11 is 1.70. The van der Waals surface area contributed by atoms with E-state index in [2.05, 4.69) is 114 Å². The maximum atomic E-state index is 12.2. The summed E-state index contributed by atoms with van der Waals surface area (Å²) in [5.74, 6) is 0. The lowest BCUT2D eigenvalue weighted by atomic mass is 9.89. The maximum absolute atomic E-state index is 12.2. The Kier molecular flexibility index (Phi) is 18.0. The minimum absolute atomic E-state index is 0.0345. The Labute approximate surface area is 316 Å². The maximum Gasteiger partial charge on any atom is 0.417 e. The highest BCUT2D eigenvalue weighted by molar-refractivity contribution is 7.98. The number of aryl methyl sites for hydroxylation is 1. The predicted molar refractivity (Wildman–Crippen MR) is 212 cm³/mol. The lowest BCUT2D eigenvalue weighted by Crippen LogP contribution is -2.33. The van der Waals surface area contributed by atoms with Crippen LogP contribution in [0.2, 0.25) is 0 Å². The fourth-order valence-corrected chi connectivity index (χ4v) is 5.24. The molecule has 5 nitrogen and oxygen atoms in total. The summed E-state index contributed by atoms with van der Waals surface area (Å²) in [5, 5.41) is 12.3. The van der Waals surface area contributed by atoms with Crippen LogP contribution in [0.15, 0.2) is 84.3 Å². The van der Waals surface area contributed by atoms with E-state index >= 15 is 0 Å². The lowest BCUT2D eigenvalue weighted by molar-refractivity contribution is -0.614. The Bertz CT molecular complexity index is 1590. The van der Waals surface area contributed by atoms with Gasteiger partial charge in [-0.1, -0.05) is 101 Å². The van der Waals surface area contributed by atoms with E-state index in [0.29, 0.717) is 22.9 Å². The molecule has 0 N–H and O–H groups in total. The van der Waals surface area contributed by atoms with Gasteiger partial charge in [0.2, 0.25) is 0 Å². The van der Waals surface area contributed by atoms with Crippen molar-refractivity contribution in [2.24, 2.45) is 21.7 Å². The van der Waals surface area contributed by atoms with E-state index in [1.54, 1.807) is 24.0 Å². The topological polar surface area (TPSA) is 65.6 Å². The van der Waals surface area contributed by atoms with Crippen LogP contribution in [0.5, 0.6) is 0 Å². The van der Waals surface area contributed by atoms with Crippen molar-refractivity contribution in [3.05, 3.63) is 118 Å². The van der Waals surface area contributed by atoms with E-state index in [-0.39, 0.29) is 10.8 Å². The molecule has 0 saturated carbocycles. The molecule has 0 aromatic carbocycles. The highest BCUT2D eigenvalue weighted by atomic mass is 32.2. The molecule has 0 aliphatic carbocycles. The highest BCUT2D eigenvalue weighted by Crippen LogP contribution is 2.29. The average Bonchev–Trinajstić information content (AvgIpc) is 2.97. The Morgan fingerprint density at radius 2 is 1.19 bits per heavy atom. The van der Waals surface area contributed by atoms with Gasteiger partial charge in [0.05, 0.1) is 10.6 Å². The molecule has 4 aromatic heterocycles. The Balaban J connectivity index is 0.000000348. The lowest BCUT2D eigenvalue weighted by Gasteiger charge is -2.17. The zero-order chi connectivity index (χ0) is 40.0. The summed E-state index contributed by atoms with van der Waals surface area (Å²) in [7, 11) is 0. The van der Waals surface area contributed by atoms with Gasteiger partial charge in [0.25, 0.3) is 0 Å². The van der Waals surface area contributed by atoms with Crippen molar-refractivity contribution in [2.45, 2.75) is 127 Å². The number of hydrogen-bond acceptors (Lipinski definition) is 5. The highest BCUT2D eigenvalue weighted by Gasteiger charge is 2.30. The van der Waals surface area contributed by atoms with Crippen LogP contribution in [-0.4, -0.2) is 21.2 Å². The monoisotopic (exact) mass is 740 g/mol. The third-order valence-corrected chi connectivity index (χ3v) is 7.53. The van der Waals surface area contributed by atoms with E-state index in [1.165, 1.54) is 17.3 Å². The molecule has 4 heterocycles. The van der Waals surface area contributed by atoms with Gasteiger partial charge in [-0.15, -0.1) is 11.8 Å². The molecule has 0 radical (unpaired) electrons. The van der Waals surface area contributed by atoms with Gasteiger partial charge in [-0.2, -0.15) is 17.9 Å². The number of nitrogens with zero attached hydrogens (tertiary/aromatic N) is 4. The first kappa shape index (κ1) is 46.6. The van der Waals surface area contributed by atoms with Crippen LogP contribution >= 0.6 is 11.8 Å². The van der Waals surface area contributed by atoms with Gasteiger partial charge in [0.15, 0.2) is 11.9 Å². The van der Waals surface area contributed by atoms with Crippen LogP contribution in [0.4, 0.5) is 13.2 Å². The van der Waals surface area contributed by atoms with Crippen molar-refractivity contribution in [3.8, 4) is 0 Å². The molecule has 0 amide bonds. The normalized spacial score (nSPS) is 12.0.